The average Bonchev–Trinajstić information content (AvgIpc) is 3.38. The SMILES string of the molecule is CCCC[C@@H](CCN=C(N)N)NCc1ccc(-n2cc3cc(-c4cc(CCC[C@H](C)N)cc(Cl)c4F)[nH]c3nc2=O)cc1. The Morgan fingerprint density at radius 3 is 2.58 bits per heavy atom. The highest BCUT2D eigenvalue weighted by Crippen LogP contribution is 2.31. The maximum atomic E-state index is 15.1. The van der Waals surface area contributed by atoms with Crippen LogP contribution in [0.15, 0.2) is 58.4 Å². The van der Waals surface area contributed by atoms with Crippen molar-refractivity contribution in [2.75, 3.05) is 6.54 Å². The van der Waals surface area contributed by atoms with E-state index in [0.717, 1.165) is 56.1 Å². The minimum atomic E-state index is -0.517. The summed E-state index contributed by atoms with van der Waals surface area (Å²) in [5.41, 5.74) is 20.3. The maximum Gasteiger partial charge on any atom is 0.354 e. The van der Waals surface area contributed by atoms with Gasteiger partial charge in [0.05, 0.1) is 16.4 Å². The van der Waals surface area contributed by atoms with Crippen LogP contribution in [-0.4, -0.2) is 39.1 Å². The first-order chi connectivity index (χ1) is 20.6. The number of hydrogen-bond acceptors (Lipinski definition) is 5. The lowest BCUT2D eigenvalue weighted by Crippen LogP contribution is -2.30. The van der Waals surface area contributed by atoms with Gasteiger partial charge in [-0.1, -0.05) is 43.5 Å². The summed E-state index contributed by atoms with van der Waals surface area (Å²) in [6.45, 7) is 5.41. The lowest BCUT2D eigenvalue weighted by Gasteiger charge is -2.18. The molecule has 0 aliphatic heterocycles. The van der Waals surface area contributed by atoms with Gasteiger partial charge in [-0.3, -0.25) is 9.56 Å². The van der Waals surface area contributed by atoms with E-state index in [-0.39, 0.29) is 17.0 Å². The summed E-state index contributed by atoms with van der Waals surface area (Å²) in [5, 5.41) is 4.34. The zero-order chi connectivity index (χ0) is 30.9. The number of nitrogens with two attached hydrogens (primary N) is 3. The number of aliphatic imine (C=N–C) groups is 1. The molecular formula is C32H42ClFN8O. The minimum absolute atomic E-state index is 0.0551. The van der Waals surface area contributed by atoms with Gasteiger partial charge in [0.15, 0.2) is 11.8 Å². The van der Waals surface area contributed by atoms with E-state index < -0.39 is 11.5 Å². The summed E-state index contributed by atoms with van der Waals surface area (Å²) >= 11 is 6.25. The molecular weight excluding hydrogens is 567 g/mol. The Bertz CT molecular complexity index is 1590. The Labute approximate surface area is 256 Å². The van der Waals surface area contributed by atoms with E-state index in [9.17, 15) is 4.79 Å². The van der Waals surface area contributed by atoms with Crippen LogP contribution < -0.4 is 28.2 Å². The molecule has 0 saturated carbocycles. The number of rotatable bonds is 15. The highest BCUT2D eigenvalue weighted by Gasteiger charge is 2.16. The van der Waals surface area contributed by atoms with Crippen molar-refractivity contribution in [3.63, 3.8) is 0 Å². The number of H-pyrrole nitrogens is 1. The molecule has 2 heterocycles. The Balaban J connectivity index is 1.51. The van der Waals surface area contributed by atoms with E-state index in [1.54, 1.807) is 24.4 Å². The maximum absolute atomic E-state index is 15.1. The number of nitrogens with one attached hydrogen (secondary N) is 2. The molecule has 0 spiro atoms. The van der Waals surface area contributed by atoms with Crippen molar-refractivity contribution in [1.29, 1.82) is 0 Å². The van der Waals surface area contributed by atoms with Gasteiger partial charge in [0, 0.05) is 42.3 Å². The van der Waals surface area contributed by atoms with Crippen LogP contribution in [0.3, 0.4) is 0 Å². The van der Waals surface area contributed by atoms with Crippen LogP contribution in [0.5, 0.6) is 0 Å². The van der Waals surface area contributed by atoms with Crippen LogP contribution in [0.2, 0.25) is 5.02 Å². The molecule has 43 heavy (non-hydrogen) atoms. The van der Waals surface area contributed by atoms with Crippen molar-refractivity contribution < 1.29 is 4.39 Å². The summed E-state index contributed by atoms with van der Waals surface area (Å²) in [6.07, 6.45) is 8.33. The standard InChI is InChI=1S/C32H42ClFN8O/c1-3-4-8-24(13-14-38-31(36)37)39-18-21-9-11-25(12-10-21)42-19-23-17-28(40-30(23)41-32(42)43)26-15-22(7-5-6-20(2)35)16-27(33)29(26)34/h9-12,15-17,19-20,24,39H,3-8,13-14,18,35H2,1-2H3,(H4,36,37,38)(H,40,41,43)/t20-,24-/m0/s1. The molecule has 0 saturated heterocycles. The largest absolute Gasteiger partial charge is 0.370 e. The fraction of sp³-hybridized carbons (Fsp3) is 0.406. The molecule has 4 aromatic rings. The number of guanidine groups is 1. The molecule has 11 heteroatoms. The number of aromatic amines is 1. The van der Waals surface area contributed by atoms with Crippen molar-refractivity contribution in [3.05, 3.63) is 81.1 Å². The highest BCUT2D eigenvalue weighted by atomic mass is 35.5. The van der Waals surface area contributed by atoms with Gasteiger partial charge < -0.3 is 27.5 Å². The monoisotopic (exact) mass is 608 g/mol. The van der Waals surface area contributed by atoms with Crippen molar-refractivity contribution in [2.45, 2.75) is 77.4 Å². The number of hydrogen-bond donors (Lipinski definition) is 5. The molecule has 2 aromatic carbocycles. The van der Waals surface area contributed by atoms with E-state index in [1.807, 2.05) is 31.2 Å². The fourth-order valence-electron chi connectivity index (χ4n) is 5.12. The zero-order valence-corrected chi connectivity index (χ0v) is 25.6. The Morgan fingerprint density at radius 1 is 1.12 bits per heavy atom. The molecule has 0 amide bonds. The first-order valence-corrected chi connectivity index (χ1v) is 15.3. The predicted octanol–water partition coefficient (Wildman–Crippen LogP) is 5.16. The van der Waals surface area contributed by atoms with Gasteiger partial charge in [-0.15, -0.1) is 0 Å². The van der Waals surface area contributed by atoms with E-state index in [1.165, 1.54) is 4.57 Å². The molecule has 230 valence electrons. The van der Waals surface area contributed by atoms with E-state index >= 15 is 4.39 Å². The lowest BCUT2D eigenvalue weighted by atomic mass is 10.0. The van der Waals surface area contributed by atoms with Crippen molar-refractivity contribution in [2.24, 2.45) is 22.2 Å². The van der Waals surface area contributed by atoms with Gasteiger partial charge in [-0.05, 0) is 80.5 Å². The van der Waals surface area contributed by atoms with Gasteiger partial charge in [-0.25, -0.2) is 9.18 Å². The summed E-state index contributed by atoms with van der Waals surface area (Å²) in [4.78, 5) is 24.4. The van der Waals surface area contributed by atoms with Crippen molar-refractivity contribution in [3.8, 4) is 16.9 Å². The Kier molecular flexibility index (Phi) is 11.3. The third-order valence-corrected chi connectivity index (χ3v) is 7.77. The van der Waals surface area contributed by atoms with Gasteiger partial charge in [0.25, 0.3) is 0 Å². The van der Waals surface area contributed by atoms with Crippen molar-refractivity contribution in [1.82, 2.24) is 19.9 Å². The summed E-state index contributed by atoms with van der Waals surface area (Å²) < 4.78 is 16.6. The van der Waals surface area contributed by atoms with E-state index in [4.69, 9.17) is 28.8 Å². The second-order valence-electron chi connectivity index (χ2n) is 11.2. The Hall–Kier alpha value is -3.73. The number of halogens is 2. The highest BCUT2D eigenvalue weighted by molar-refractivity contribution is 6.31. The summed E-state index contributed by atoms with van der Waals surface area (Å²) in [6, 6.07) is 13.4. The molecule has 8 N–H and O–H groups in total. The first kappa shape index (κ1) is 32.2. The number of benzene rings is 2. The second-order valence-corrected chi connectivity index (χ2v) is 11.6. The molecule has 0 radical (unpaired) electrons. The molecule has 4 rings (SSSR count). The van der Waals surface area contributed by atoms with Crippen LogP contribution >= 0.6 is 11.6 Å². The number of aryl methyl sites for hydroxylation is 1. The smallest absolute Gasteiger partial charge is 0.354 e. The predicted molar refractivity (Wildman–Crippen MR) is 174 cm³/mol. The lowest BCUT2D eigenvalue weighted by molar-refractivity contribution is 0.442. The Morgan fingerprint density at radius 2 is 1.88 bits per heavy atom. The van der Waals surface area contributed by atoms with Crippen LogP contribution in [0.25, 0.3) is 28.0 Å². The van der Waals surface area contributed by atoms with E-state index in [0.29, 0.717) is 47.1 Å². The van der Waals surface area contributed by atoms with Crippen LogP contribution in [0.4, 0.5) is 4.39 Å². The number of nitrogens with zero attached hydrogens (tertiary/aromatic N) is 3. The number of unbranched alkanes of at least 4 members (excludes halogenated alkanes) is 1. The molecule has 9 nitrogen and oxygen atoms in total. The van der Waals surface area contributed by atoms with Gasteiger partial charge >= 0.3 is 5.69 Å². The molecule has 0 bridgehead atoms. The second kappa shape index (κ2) is 15.1. The molecule has 0 unspecified atom stereocenters. The first-order valence-electron chi connectivity index (χ1n) is 14.9. The van der Waals surface area contributed by atoms with Crippen molar-refractivity contribution >= 4 is 28.6 Å². The molecule has 0 fully saturated rings. The number of aromatic nitrogens is 3. The normalized spacial score (nSPS) is 12.9. The van der Waals surface area contributed by atoms with Gasteiger partial charge in [0.1, 0.15) is 5.65 Å². The molecule has 2 aromatic heterocycles. The van der Waals surface area contributed by atoms with Crippen LogP contribution in [0, 0.1) is 5.82 Å². The zero-order valence-electron chi connectivity index (χ0n) is 24.9. The molecule has 0 aliphatic rings. The fourth-order valence-corrected chi connectivity index (χ4v) is 5.37. The quantitative estimate of drug-likeness (QED) is 0.0928. The van der Waals surface area contributed by atoms with Crippen LogP contribution in [-0.2, 0) is 13.0 Å². The third-order valence-electron chi connectivity index (χ3n) is 7.50. The summed E-state index contributed by atoms with van der Waals surface area (Å²) in [7, 11) is 0. The molecule has 2 atom stereocenters. The van der Waals surface area contributed by atoms with Gasteiger partial charge in [-0.2, -0.15) is 4.98 Å². The topological polar surface area (TPSA) is 153 Å². The van der Waals surface area contributed by atoms with Gasteiger partial charge in [0.2, 0.25) is 0 Å². The third kappa shape index (κ3) is 8.89. The van der Waals surface area contributed by atoms with E-state index in [2.05, 4.69) is 27.2 Å². The molecule has 0 aliphatic carbocycles. The summed E-state index contributed by atoms with van der Waals surface area (Å²) in [5.74, 6) is -0.407. The van der Waals surface area contributed by atoms with Crippen LogP contribution in [0.1, 0.15) is 63.5 Å². The minimum Gasteiger partial charge on any atom is -0.370 e. The average molecular weight is 609 g/mol. The number of fused-ring (bicyclic) bond motifs is 1.